The predicted octanol–water partition coefficient (Wildman–Crippen LogP) is 3.92. The molecule has 0 radical (unpaired) electrons. The largest absolute Gasteiger partial charge is 0.493 e. The first-order valence-corrected chi connectivity index (χ1v) is 8.11. The van der Waals surface area contributed by atoms with E-state index in [1.807, 2.05) is 6.20 Å². The second-order valence-corrected chi connectivity index (χ2v) is 5.32. The molecule has 0 spiro atoms. The van der Waals surface area contributed by atoms with Gasteiger partial charge in [-0.2, -0.15) is 5.10 Å². The van der Waals surface area contributed by atoms with Crippen molar-refractivity contribution in [1.82, 2.24) is 15.1 Å². The van der Waals surface area contributed by atoms with Crippen LogP contribution in [0.15, 0.2) is 6.20 Å². The summed E-state index contributed by atoms with van der Waals surface area (Å²) in [4.78, 5) is 0. The number of aryl methyl sites for hydroxylation is 1. The molecule has 0 aromatic carbocycles. The van der Waals surface area contributed by atoms with Crippen molar-refractivity contribution in [2.45, 2.75) is 71.9 Å². The van der Waals surface area contributed by atoms with Crippen LogP contribution in [0.2, 0.25) is 0 Å². The molecule has 1 aromatic rings. The Hall–Kier alpha value is -1.03. The number of nitrogens with zero attached hydrogens (tertiary/aromatic N) is 2. The smallest absolute Gasteiger partial charge is 0.161 e. The van der Waals surface area contributed by atoms with Gasteiger partial charge in [0.1, 0.15) is 0 Å². The van der Waals surface area contributed by atoms with Crippen molar-refractivity contribution in [3.05, 3.63) is 11.9 Å². The average Bonchev–Trinajstić information content (AvgIpc) is 2.86. The Morgan fingerprint density at radius 1 is 1.20 bits per heavy atom. The molecule has 1 rings (SSSR count). The highest BCUT2D eigenvalue weighted by atomic mass is 16.5. The standard InChI is InChI=1S/C16H31N3O/c1-5-8-9-10-14(17-11-6-2)16-15(20-4)13-18-19(16)12-7-3/h13-14,17H,5-12H2,1-4H3. The van der Waals surface area contributed by atoms with E-state index in [4.69, 9.17) is 4.74 Å². The summed E-state index contributed by atoms with van der Waals surface area (Å²) in [5.41, 5.74) is 1.22. The van der Waals surface area contributed by atoms with Gasteiger partial charge in [0, 0.05) is 6.54 Å². The van der Waals surface area contributed by atoms with Crippen molar-refractivity contribution in [3.63, 3.8) is 0 Å². The zero-order valence-electron chi connectivity index (χ0n) is 13.6. The molecule has 4 heteroatoms. The SMILES string of the molecule is CCCCCC(NCCC)c1c(OC)cnn1CCC. The number of methoxy groups -OCH3 is 1. The molecule has 0 saturated carbocycles. The molecule has 0 aliphatic carbocycles. The quantitative estimate of drug-likeness (QED) is 0.625. The minimum absolute atomic E-state index is 0.352. The first kappa shape index (κ1) is 17.0. The van der Waals surface area contributed by atoms with E-state index < -0.39 is 0 Å². The molecule has 4 nitrogen and oxygen atoms in total. The van der Waals surface area contributed by atoms with E-state index in [1.165, 1.54) is 25.0 Å². The van der Waals surface area contributed by atoms with Crippen LogP contribution in [0.5, 0.6) is 5.75 Å². The van der Waals surface area contributed by atoms with Crippen molar-refractivity contribution in [2.24, 2.45) is 0 Å². The number of ether oxygens (including phenoxy) is 1. The molecule has 0 saturated heterocycles. The molecule has 1 N–H and O–H groups in total. The monoisotopic (exact) mass is 281 g/mol. The lowest BCUT2D eigenvalue weighted by molar-refractivity contribution is 0.379. The summed E-state index contributed by atoms with van der Waals surface area (Å²) in [6, 6.07) is 0.352. The van der Waals surface area contributed by atoms with Crippen LogP contribution >= 0.6 is 0 Å². The molecule has 0 bridgehead atoms. The highest BCUT2D eigenvalue weighted by Crippen LogP contribution is 2.29. The van der Waals surface area contributed by atoms with Gasteiger partial charge in [-0.15, -0.1) is 0 Å². The normalized spacial score (nSPS) is 12.6. The van der Waals surface area contributed by atoms with Gasteiger partial charge in [0.05, 0.1) is 25.0 Å². The fourth-order valence-corrected chi connectivity index (χ4v) is 2.53. The summed E-state index contributed by atoms with van der Waals surface area (Å²) in [5.74, 6) is 0.920. The Balaban J connectivity index is 2.87. The highest BCUT2D eigenvalue weighted by molar-refractivity contribution is 5.28. The van der Waals surface area contributed by atoms with Gasteiger partial charge in [-0.3, -0.25) is 4.68 Å². The van der Waals surface area contributed by atoms with E-state index in [-0.39, 0.29) is 0 Å². The number of rotatable bonds is 11. The van der Waals surface area contributed by atoms with E-state index in [0.717, 1.165) is 38.1 Å². The van der Waals surface area contributed by atoms with E-state index >= 15 is 0 Å². The number of hydrogen-bond acceptors (Lipinski definition) is 3. The third kappa shape index (κ3) is 4.82. The molecule has 116 valence electrons. The fraction of sp³-hybridized carbons (Fsp3) is 0.812. The van der Waals surface area contributed by atoms with Crippen molar-refractivity contribution in [1.29, 1.82) is 0 Å². The van der Waals surface area contributed by atoms with Crippen molar-refractivity contribution >= 4 is 0 Å². The maximum Gasteiger partial charge on any atom is 0.161 e. The number of nitrogens with one attached hydrogen (secondary N) is 1. The van der Waals surface area contributed by atoms with Crippen molar-refractivity contribution in [3.8, 4) is 5.75 Å². The van der Waals surface area contributed by atoms with Crippen LogP contribution in [-0.4, -0.2) is 23.4 Å². The molecule has 1 heterocycles. The first-order valence-electron chi connectivity index (χ1n) is 8.11. The minimum Gasteiger partial charge on any atom is -0.493 e. The van der Waals surface area contributed by atoms with Crippen LogP contribution < -0.4 is 10.1 Å². The Morgan fingerprint density at radius 2 is 2.00 bits per heavy atom. The zero-order valence-corrected chi connectivity index (χ0v) is 13.6. The third-order valence-corrected chi connectivity index (χ3v) is 3.57. The molecule has 0 amide bonds. The van der Waals surface area contributed by atoms with Gasteiger partial charge in [-0.05, 0) is 25.8 Å². The molecule has 0 fully saturated rings. The van der Waals surface area contributed by atoms with Crippen molar-refractivity contribution < 1.29 is 4.74 Å². The van der Waals surface area contributed by atoms with E-state index in [9.17, 15) is 0 Å². The van der Waals surface area contributed by atoms with Gasteiger partial charge in [0.15, 0.2) is 5.75 Å². The summed E-state index contributed by atoms with van der Waals surface area (Å²) < 4.78 is 7.63. The van der Waals surface area contributed by atoms with E-state index in [2.05, 4.69) is 35.9 Å². The maximum absolute atomic E-state index is 5.52. The topological polar surface area (TPSA) is 39.1 Å². The number of hydrogen-bond donors (Lipinski definition) is 1. The maximum atomic E-state index is 5.52. The molecule has 1 unspecified atom stereocenters. The van der Waals surface area contributed by atoms with E-state index in [0.29, 0.717) is 6.04 Å². The van der Waals surface area contributed by atoms with Crippen LogP contribution in [0.3, 0.4) is 0 Å². The summed E-state index contributed by atoms with van der Waals surface area (Å²) in [5, 5.41) is 8.15. The second kappa shape index (κ2) is 9.81. The molecule has 20 heavy (non-hydrogen) atoms. The molecular weight excluding hydrogens is 250 g/mol. The molecule has 0 aliphatic heterocycles. The van der Waals surface area contributed by atoms with Crippen molar-refractivity contribution in [2.75, 3.05) is 13.7 Å². The van der Waals surface area contributed by atoms with Crippen LogP contribution in [0.1, 0.15) is 71.0 Å². The van der Waals surface area contributed by atoms with Gasteiger partial charge in [-0.25, -0.2) is 0 Å². The summed E-state index contributed by atoms with van der Waals surface area (Å²) >= 11 is 0. The number of unbranched alkanes of at least 4 members (excludes halogenated alkanes) is 2. The van der Waals surface area contributed by atoms with Gasteiger partial charge >= 0.3 is 0 Å². The van der Waals surface area contributed by atoms with E-state index in [1.54, 1.807) is 7.11 Å². The third-order valence-electron chi connectivity index (χ3n) is 3.57. The Kier molecular flexibility index (Phi) is 8.35. The lowest BCUT2D eigenvalue weighted by Crippen LogP contribution is -2.25. The lowest BCUT2D eigenvalue weighted by atomic mass is 10.0. The number of aromatic nitrogens is 2. The second-order valence-electron chi connectivity index (χ2n) is 5.32. The molecule has 0 aliphatic rings. The van der Waals surface area contributed by atoms with Gasteiger partial charge in [0.25, 0.3) is 0 Å². The van der Waals surface area contributed by atoms with Gasteiger partial charge in [0.2, 0.25) is 0 Å². The Labute approximate surface area is 123 Å². The van der Waals surface area contributed by atoms with Crippen LogP contribution in [0, 0.1) is 0 Å². The van der Waals surface area contributed by atoms with Crippen LogP contribution in [0.4, 0.5) is 0 Å². The van der Waals surface area contributed by atoms with Gasteiger partial charge in [-0.1, -0.05) is 40.0 Å². The first-order chi connectivity index (χ1) is 9.78. The van der Waals surface area contributed by atoms with Crippen LogP contribution in [0.25, 0.3) is 0 Å². The van der Waals surface area contributed by atoms with Crippen LogP contribution in [-0.2, 0) is 6.54 Å². The molecular formula is C16H31N3O. The molecule has 1 atom stereocenters. The lowest BCUT2D eigenvalue weighted by Gasteiger charge is -2.21. The fourth-order valence-electron chi connectivity index (χ4n) is 2.53. The summed E-state index contributed by atoms with van der Waals surface area (Å²) in [6.45, 7) is 8.63. The molecule has 1 aromatic heterocycles. The predicted molar refractivity (Wildman–Crippen MR) is 84.2 cm³/mol. The summed E-state index contributed by atoms with van der Waals surface area (Å²) in [6.07, 6.45) is 9.03. The Bertz CT molecular complexity index is 363. The summed E-state index contributed by atoms with van der Waals surface area (Å²) in [7, 11) is 1.74. The average molecular weight is 281 g/mol. The Morgan fingerprint density at radius 3 is 2.60 bits per heavy atom. The van der Waals surface area contributed by atoms with Gasteiger partial charge < -0.3 is 10.1 Å². The minimum atomic E-state index is 0.352. The highest BCUT2D eigenvalue weighted by Gasteiger charge is 2.20. The zero-order chi connectivity index (χ0) is 14.8.